The fourth-order valence-electron chi connectivity index (χ4n) is 2.64. The van der Waals surface area contributed by atoms with Crippen LogP contribution in [0.15, 0.2) is 0 Å². The van der Waals surface area contributed by atoms with Gasteiger partial charge in [0.05, 0.1) is 0 Å². The average Bonchev–Trinajstić information content (AvgIpc) is 2.93. The van der Waals surface area contributed by atoms with E-state index in [2.05, 4.69) is 22.5 Å². The Morgan fingerprint density at radius 1 is 1.30 bits per heavy atom. The number of carbonyl (C=O) groups is 2. The molecule has 0 aliphatic carbocycles. The molecule has 20 heavy (non-hydrogen) atoms. The highest BCUT2D eigenvalue weighted by Gasteiger charge is 2.25. The molecule has 0 aromatic carbocycles. The van der Waals surface area contributed by atoms with E-state index in [0.29, 0.717) is 18.4 Å². The van der Waals surface area contributed by atoms with Gasteiger partial charge in [0.25, 0.3) is 0 Å². The number of unbranched alkanes of at least 4 members (excludes halogenated alkanes) is 2. The topological polar surface area (TPSA) is 61.4 Å². The maximum absolute atomic E-state index is 12.3. The average molecular weight is 283 g/mol. The van der Waals surface area contributed by atoms with Crippen LogP contribution in [0.5, 0.6) is 0 Å². The third kappa shape index (κ3) is 6.37. The maximum atomic E-state index is 12.3. The van der Waals surface area contributed by atoms with Gasteiger partial charge in [-0.1, -0.05) is 13.3 Å². The van der Waals surface area contributed by atoms with Crippen molar-refractivity contribution in [1.82, 2.24) is 15.5 Å². The van der Waals surface area contributed by atoms with E-state index < -0.39 is 0 Å². The predicted molar refractivity (Wildman–Crippen MR) is 80.4 cm³/mol. The Morgan fingerprint density at radius 3 is 2.70 bits per heavy atom. The van der Waals surface area contributed by atoms with Gasteiger partial charge in [-0.05, 0) is 32.2 Å². The van der Waals surface area contributed by atoms with Crippen molar-refractivity contribution in [3.05, 3.63) is 0 Å². The molecule has 0 radical (unpaired) electrons. The number of carbonyl (C=O) groups excluding carboxylic acids is 2. The molecule has 0 aromatic heterocycles. The van der Waals surface area contributed by atoms with Crippen LogP contribution in [0.25, 0.3) is 0 Å². The van der Waals surface area contributed by atoms with Gasteiger partial charge in [-0.2, -0.15) is 0 Å². The standard InChI is InChI=1S/C15H29N3O2/c1-3-11-18(14-8-10-16-12-14)15(20)7-5-4-6-9-17-13(2)19/h14,16H,3-12H2,1-2H3,(H,17,19). The molecule has 2 amide bonds. The van der Waals surface area contributed by atoms with E-state index in [1.807, 2.05) is 0 Å². The fraction of sp³-hybridized carbons (Fsp3) is 0.867. The van der Waals surface area contributed by atoms with Gasteiger partial charge < -0.3 is 15.5 Å². The first-order valence-corrected chi connectivity index (χ1v) is 7.89. The molecule has 1 saturated heterocycles. The minimum atomic E-state index is 0.0175. The number of nitrogens with zero attached hydrogens (tertiary/aromatic N) is 1. The predicted octanol–water partition coefficient (Wildman–Crippen LogP) is 1.28. The van der Waals surface area contributed by atoms with Gasteiger partial charge in [0.2, 0.25) is 11.8 Å². The summed E-state index contributed by atoms with van der Waals surface area (Å²) in [7, 11) is 0. The molecule has 1 rings (SSSR count). The summed E-state index contributed by atoms with van der Waals surface area (Å²) in [4.78, 5) is 25.1. The van der Waals surface area contributed by atoms with E-state index in [4.69, 9.17) is 0 Å². The highest BCUT2D eigenvalue weighted by molar-refractivity contribution is 5.76. The molecule has 1 heterocycles. The zero-order valence-corrected chi connectivity index (χ0v) is 12.9. The Morgan fingerprint density at radius 2 is 2.10 bits per heavy atom. The second-order valence-corrected chi connectivity index (χ2v) is 5.53. The van der Waals surface area contributed by atoms with Gasteiger partial charge in [-0.25, -0.2) is 0 Å². The van der Waals surface area contributed by atoms with Crippen LogP contribution in [0, 0.1) is 0 Å². The number of nitrogens with one attached hydrogen (secondary N) is 2. The van der Waals surface area contributed by atoms with E-state index in [1.54, 1.807) is 0 Å². The van der Waals surface area contributed by atoms with E-state index in [9.17, 15) is 9.59 Å². The molecule has 1 fully saturated rings. The quantitative estimate of drug-likeness (QED) is 0.627. The van der Waals surface area contributed by atoms with Crippen LogP contribution in [0.3, 0.4) is 0 Å². The second-order valence-electron chi connectivity index (χ2n) is 5.53. The van der Waals surface area contributed by atoms with Crippen LogP contribution in [0.1, 0.15) is 52.4 Å². The van der Waals surface area contributed by atoms with Crippen LogP contribution in [-0.2, 0) is 9.59 Å². The normalized spacial score (nSPS) is 18.0. The van der Waals surface area contributed by atoms with Crippen LogP contribution in [-0.4, -0.2) is 48.9 Å². The molecule has 1 aliphatic heterocycles. The lowest BCUT2D eigenvalue weighted by Gasteiger charge is -2.28. The SMILES string of the molecule is CCCN(C(=O)CCCCCNC(C)=O)C1CCNC1. The molecule has 0 aromatic rings. The maximum Gasteiger partial charge on any atom is 0.222 e. The van der Waals surface area contributed by atoms with Gasteiger partial charge in [0.15, 0.2) is 0 Å². The summed E-state index contributed by atoms with van der Waals surface area (Å²) < 4.78 is 0. The van der Waals surface area contributed by atoms with E-state index in [-0.39, 0.29) is 5.91 Å². The van der Waals surface area contributed by atoms with Crippen LogP contribution >= 0.6 is 0 Å². The largest absolute Gasteiger partial charge is 0.356 e. The smallest absolute Gasteiger partial charge is 0.222 e. The van der Waals surface area contributed by atoms with Crippen LogP contribution in [0.2, 0.25) is 0 Å². The van der Waals surface area contributed by atoms with Crippen LogP contribution < -0.4 is 10.6 Å². The molecule has 1 unspecified atom stereocenters. The summed E-state index contributed by atoms with van der Waals surface area (Å²) in [5.74, 6) is 0.309. The molecular formula is C15H29N3O2. The van der Waals surface area contributed by atoms with Crippen molar-refractivity contribution in [2.24, 2.45) is 0 Å². The number of hydrogen-bond acceptors (Lipinski definition) is 3. The van der Waals surface area contributed by atoms with E-state index >= 15 is 0 Å². The third-order valence-electron chi connectivity index (χ3n) is 3.70. The van der Waals surface area contributed by atoms with Crippen molar-refractivity contribution in [3.63, 3.8) is 0 Å². The van der Waals surface area contributed by atoms with E-state index in [0.717, 1.165) is 58.3 Å². The molecule has 1 atom stereocenters. The first-order chi connectivity index (χ1) is 9.65. The van der Waals surface area contributed by atoms with E-state index in [1.165, 1.54) is 6.92 Å². The zero-order valence-electron chi connectivity index (χ0n) is 12.9. The monoisotopic (exact) mass is 283 g/mol. The molecule has 116 valence electrons. The lowest BCUT2D eigenvalue weighted by Crippen LogP contribution is -2.42. The summed E-state index contributed by atoms with van der Waals surface area (Å²) in [6.45, 7) is 7.20. The molecular weight excluding hydrogens is 254 g/mol. The lowest BCUT2D eigenvalue weighted by molar-refractivity contribution is -0.133. The molecule has 5 heteroatoms. The van der Waals surface area contributed by atoms with Gasteiger partial charge in [-0.3, -0.25) is 9.59 Å². The van der Waals surface area contributed by atoms with Crippen molar-refractivity contribution < 1.29 is 9.59 Å². The van der Waals surface area contributed by atoms with Gasteiger partial charge in [0, 0.05) is 39.0 Å². The van der Waals surface area contributed by atoms with Crippen molar-refractivity contribution in [3.8, 4) is 0 Å². The molecule has 0 saturated carbocycles. The summed E-state index contributed by atoms with van der Waals surface area (Å²) in [6, 6.07) is 0.391. The summed E-state index contributed by atoms with van der Waals surface area (Å²) in [5.41, 5.74) is 0. The number of amides is 2. The fourth-order valence-corrected chi connectivity index (χ4v) is 2.64. The minimum Gasteiger partial charge on any atom is -0.356 e. The van der Waals surface area contributed by atoms with Crippen molar-refractivity contribution in [2.45, 2.75) is 58.4 Å². The second kappa shape index (κ2) is 9.75. The van der Waals surface area contributed by atoms with Gasteiger partial charge >= 0.3 is 0 Å². The Hall–Kier alpha value is -1.10. The first-order valence-electron chi connectivity index (χ1n) is 7.89. The molecule has 0 bridgehead atoms. The van der Waals surface area contributed by atoms with Gasteiger partial charge in [-0.15, -0.1) is 0 Å². The molecule has 5 nitrogen and oxygen atoms in total. The van der Waals surface area contributed by atoms with Crippen molar-refractivity contribution in [1.29, 1.82) is 0 Å². The van der Waals surface area contributed by atoms with Crippen LogP contribution in [0.4, 0.5) is 0 Å². The Labute approximate surface area is 122 Å². The Kier molecular flexibility index (Phi) is 8.26. The molecule has 1 aliphatic rings. The third-order valence-corrected chi connectivity index (χ3v) is 3.70. The lowest BCUT2D eigenvalue weighted by atomic mass is 10.1. The first kappa shape index (κ1) is 17.0. The molecule has 2 N–H and O–H groups in total. The Bertz CT molecular complexity index is 301. The minimum absolute atomic E-state index is 0.0175. The van der Waals surface area contributed by atoms with Crippen molar-refractivity contribution in [2.75, 3.05) is 26.2 Å². The molecule has 0 spiro atoms. The highest BCUT2D eigenvalue weighted by atomic mass is 16.2. The summed E-state index contributed by atoms with van der Waals surface area (Å²) in [5, 5.41) is 6.11. The summed E-state index contributed by atoms with van der Waals surface area (Å²) >= 11 is 0. The van der Waals surface area contributed by atoms with Crippen molar-refractivity contribution >= 4 is 11.8 Å². The zero-order chi connectivity index (χ0) is 14.8. The highest BCUT2D eigenvalue weighted by Crippen LogP contribution is 2.12. The number of rotatable bonds is 9. The number of hydrogen-bond donors (Lipinski definition) is 2. The summed E-state index contributed by atoms with van der Waals surface area (Å²) in [6.07, 6.45) is 5.59. The van der Waals surface area contributed by atoms with Gasteiger partial charge in [0.1, 0.15) is 0 Å². The Balaban J connectivity index is 2.19.